The molecule has 1 amide bonds. The highest BCUT2D eigenvalue weighted by molar-refractivity contribution is 5.82. The zero-order valence-corrected chi connectivity index (χ0v) is 15.1. The third-order valence-electron chi connectivity index (χ3n) is 6.01. The van der Waals surface area contributed by atoms with Crippen molar-refractivity contribution < 1.29 is 9.53 Å². The Bertz CT molecular complexity index is 669. The Labute approximate surface area is 153 Å². The summed E-state index contributed by atoms with van der Waals surface area (Å²) in [5, 5.41) is 13.1. The minimum atomic E-state index is -0.125. The number of piperidine rings is 1. The van der Waals surface area contributed by atoms with Gasteiger partial charge in [0.1, 0.15) is 18.4 Å². The summed E-state index contributed by atoms with van der Waals surface area (Å²) in [7, 11) is 0. The van der Waals surface area contributed by atoms with Crippen molar-refractivity contribution in [2.24, 2.45) is 0 Å². The summed E-state index contributed by atoms with van der Waals surface area (Å²) in [6.07, 6.45) is 8.28. The first-order valence-electron chi connectivity index (χ1n) is 9.70. The molecule has 2 saturated heterocycles. The highest BCUT2D eigenvalue weighted by atomic mass is 16.5. The molecule has 2 aliphatic heterocycles. The van der Waals surface area contributed by atoms with Crippen molar-refractivity contribution in [2.45, 2.75) is 56.7 Å². The van der Waals surface area contributed by atoms with Crippen molar-refractivity contribution >= 4 is 5.91 Å². The standard InChI is InChI=1S/C18H26N6O2/c19-11-17-20-13-24(21-17)15-5-7-22(8-6-15)18(25)16-12-26-10-9-23(16)14-3-1-2-4-14/h13-16H,1-10,12H2. The molecule has 1 aromatic heterocycles. The van der Waals surface area contributed by atoms with Gasteiger partial charge in [0, 0.05) is 25.7 Å². The molecule has 1 saturated carbocycles. The summed E-state index contributed by atoms with van der Waals surface area (Å²) in [5.41, 5.74) is 0. The second kappa shape index (κ2) is 7.72. The summed E-state index contributed by atoms with van der Waals surface area (Å²) in [6, 6.07) is 2.59. The number of hydrogen-bond donors (Lipinski definition) is 0. The molecule has 26 heavy (non-hydrogen) atoms. The van der Waals surface area contributed by atoms with E-state index in [1.54, 1.807) is 11.0 Å². The summed E-state index contributed by atoms with van der Waals surface area (Å²) in [5.74, 6) is 0.418. The molecule has 0 spiro atoms. The first-order valence-corrected chi connectivity index (χ1v) is 9.70. The van der Waals surface area contributed by atoms with Gasteiger partial charge in [-0.05, 0) is 25.7 Å². The van der Waals surface area contributed by atoms with Gasteiger partial charge in [-0.25, -0.2) is 9.67 Å². The lowest BCUT2D eigenvalue weighted by Gasteiger charge is -2.42. The quantitative estimate of drug-likeness (QED) is 0.800. The summed E-state index contributed by atoms with van der Waals surface area (Å²) >= 11 is 0. The zero-order valence-electron chi connectivity index (χ0n) is 15.1. The van der Waals surface area contributed by atoms with Crippen molar-refractivity contribution in [3.05, 3.63) is 12.2 Å². The zero-order chi connectivity index (χ0) is 17.9. The van der Waals surface area contributed by atoms with Crippen LogP contribution in [0, 0.1) is 11.3 Å². The number of nitrogens with zero attached hydrogens (tertiary/aromatic N) is 6. The molecule has 0 aromatic carbocycles. The van der Waals surface area contributed by atoms with E-state index < -0.39 is 0 Å². The molecule has 1 unspecified atom stereocenters. The Balaban J connectivity index is 1.37. The number of nitriles is 1. The Morgan fingerprint density at radius 1 is 1.15 bits per heavy atom. The largest absolute Gasteiger partial charge is 0.378 e. The number of hydrogen-bond acceptors (Lipinski definition) is 6. The van der Waals surface area contributed by atoms with Crippen LogP contribution in [0.1, 0.15) is 50.4 Å². The van der Waals surface area contributed by atoms with Crippen LogP contribution in [0.4, 0.5) is 0 Å². The molecule has 1 aromatic rings. The van der Waals surface area contributed by atoms with Crippen molar-refractivity contribution in [2.75, 3.05) is 32.8 Å². The Kier molecular flexibility index (Phi) is 5.18. The van der Waals surface area contributed by atoms with E-state index in [2.05, 4.69) is 15.0 Å². The molecule has 0 radical (unpaired) electrons. The van der Waals surface area contributed by atoms with E-state index in [9.17, 15) is 4.79 Å². The van der Waals surface area contributed by atoms with Gasteiger partial charge in [-0.2, -0.15) is 5.26 Å². The average molecular weight is 358 g/mol. The molecule has 140 valence electrons. The second-order valence-corrected chi connectivity index (χ2v) is 7.48. The van der Waals surface area contributed by atoms with E-state index in [1.807, 2.05) is 11.0 Å². The van der Waals surface area contributed by atoms with Crippen LogP contribution in [0.2, 0.25) is 0 Å². The van der Waals surface area contributed by atoms with E-state index in [0.717, 1.165) is 39.1 Å². The first kappa shape index (κ1) is 17.4. The monoisotopic (exact) mass is 358 g/mol. The van der Waals surface area contributed by atoms with E-state index in [0.29, 0.717) is 12.6 Å². The molecule has 1 aliphatic carbocycles. The molecule has 1 atom stereocenters. The molecule has 4 rings (SSSR count). The first-order chi connectivity index (χ1) is 12.8. The van der Waals surface area contributed by atoms with E-state index in [4.69, 9.17) is 10.00 Å². The molecule has 3 heterocycles. The molecule has 3 fully saturated rings. The van der Waals surface area contributed by atoms with Gasteiger partial charge in [0.2, 0.25) is 5.91 Å². The lowest BCUT2D eigenvalue weighted by Crippen LogP contribution is -2.58. The smallest absolute Gasteiger partial charge is 0.252 e. The molecule has 0 bridgehead atoms. The molecule has 8 heteroatoms. The van der Waals surface area contributed by atoms with Gasteiger partial charge in [-0.1, -0.05) is 12.8 Å². The van der Waals surface area contributed by atoms with Gasteiger partial charge in [0.15, 0.2) is 0 Å². The maximum Gasteiger partial charge on any atom is 0.252 e. The molecule has 0 N–H and O–H groups in total. The van der Waals surface area contributed by atoms with Crippen LogP contribution in [-0.2, 0) is 9.53 Å². The third kappa shape index (κ3) is 3.46. The van der Waals surface area contributed by atoms with Crippen LogP contribution in [0.15, 0.2) is 6.33 Å². The van der Waals surface area contributed by atoms with Crippen LogP contribution in [0.5, 0.6) is 0 Å². The fourth-order valence-corrected chi connectivity index (χ4v) is 4.57. The van der Waals surface area contributed by atoms with Crippen LogP contribution < -0.4 is 0 Å². The topological polar surface area (TPSA) is 87.3 Å². The second-order valence-electron chi connectivity index (χ2n) is 7.48. The Morgan fingerprint density at radius 3 is 2.62 bits per heavy atom. The number of likely N-dealkylation sites (tertiary alicyclic amines) is 1. The van der Waals surface area contributed by atoms with Crippen LogP contribution in [-0.4, -0.2) is 75.4 Å². The maximum absolute atomic E-state index is 13.1. The highest BCUT2D eigenvalue weighted by Gasteiger charge is 2.38. The van der Waals surface area contributed by atoms with Crippen molar-refractivity contribution in [1.82, 2.24) is 24.6 Å². The number of morpholine rings is 1. The molecule has 8 nitrogen and oxygen atoms in total. The van der Waals surface area contributed by atoms with E-state index in [-0.39, 0.29) is 23.8 Å². The van der Waals surface area contributed by atoms with Crippen molar-refractivity contribution in [3.8, 4) is 6.07 Å². The SMILES string of the molecule is N#Cc1ncn(C2CCN(C(=O)C3COCCN3C3CCCC3)CC2)n1. The molecular weight excluding hydrogens is 332 g/mol. The van der Waals surface area contributed by atoms with Gasteiger partial charge in [0.05, 0.1) is 19.3 Å². The summed E-state index contributed by atoms with van der Waals surface area (Å²) in [4.78, 5) is 21.5. The number of carbonyl (C=O) groups is 1. The van der Waals surface area contributed by atoms with Gasteiger partial charge in [0.25, 0.3) is 5.82 Å². The molecule has 3 aliphatic rings. The van der Waals surface area contributed by atoms with Crippen LogP contribution >= 0.6 is 0 Å². The van der Waals surface area contributed by atoms with Gasteiger partial charge in [-0.3, -0.25) is 9.69 Å². The van der Waals surface area contributed by atoms with Gasteiger partial charge in [-0.15, -0.1) is 5.10 Å². The molecular formula is C18H26N6O2. The summed E-state index contributed by atoms with van der Waals surface area (Å²) < 4.78 is 7.42. The average Bonchev–Trinajstić information content (AvgIpc) is 3.39. The minimum Gasteiger partial charge on any atom is -0.378 e. The Hall–Kier alpha value is -1.98. The van der Waals surface area contributed by atoms with E-state index in [1.165, 1.54) is 25.7 Å². The number of aromatic nitrogens is 3. The maximum atomic E-state index is 13.1. The van der Waals surface area contributed by atoms with Crippen LogP contribution in [0.3, 0.4) is 0 Å². The predicted molar refractivity (Wildman–Crippen MR) is 93.2 cm³/mol. The summed E-state index contributed by atoms with van der Waals surface area (Å²) in [6.45, 7) is 3.56. The number of carbonyl (C=O) groups excluding carboxylic acids is 1. The predicted octanol–water partition coefficient (Wildman–Crippen LogP) is 0.957. The number of ether oxygens (including phenoxy) is 1. The van der Waals surface area contributed by atoms with Gasteiger partial charge >= 0.3 is 0 Å². The fourth-order valence-electron chi connectivity index (χ4n) is 4.57. The number of amides is 1. The highest BCUT2D eigenvalue weighted by Crippen LogP contribution is 2.28. The lowest BCUT2D eigenvalue weighted by atomic mass is 10.0. The van der Waals surface area contributed by atoms with Crippen molar-refractivity contribution in [1.29, 1.82) is 5.26 Å². The van der Waals surface area contributed by atoms with Gasteiger partial charge < -0.3 is 9.64 Å². The minimum absolute atomic E-state index is 0.125. The third-order valence-corrected chi connectivity index (χ3v) is 6.01. The van der Waals surface area contributed by atoms with Crippen LogP contribution in [0.25, 0.3) is 0 Å². The normalized spacial score (nSPS) is 26.1. The number of rotatable bonds is 3. The fraction of sp³-hybridized carbons (Fsp3) is 0.778. The van der Waals surface area contributed by atoms with E-state index >= 15 is 0 Å². The van der Waals surface area contributed by atoms with Crippen molar-refractivity contribution in [3.63, 3.8) is 0 Å². The lowest BCUT2D eigenvalue weighted by molar-refractivity contribution is -0.146. The Morgan fingerprint density at radius 2 is 1.92 bits per heavy atom.